The van der Waals surface area contributed by atoms with Crippen LogP contribution in [0.2, 0.25) is 0 Å². The first-order chi connectivity index (χ1) is 13.1. The monoisotopic (exact) mass is 392 g/mol. The molecule has 3 rings (SSSR count). The summed E-state index contributed by atoms with van der Waals surface area (Å²) >= 11 is 1.67. The lowest BCUT2D eigenvalue weighted by Crippen LogP contribution is -2.46. The highest BCUT2D eigenvalue weighted by molar-refractivity contribution is 7.98. The van der Waals surface area contributed by atoms with Crippen LogP contribution in [0.4, 0.5) is 5.69 Å². The van der Waals surface area contributed by atoms with Crippen molar-refractivity contribution in [2.75, 3.05) is 24.1 Å². The maximum Gasteiger partial charge on any atom is 0.246 e. The minimum atomic E-state index is -0.533. The molecule has 1 fully saturated rings. The summed E-state index contributed by atoms with van der Waals surface area (Å²) in [4.78, 5) is 25.4. The number of nitrogens with one attached hydrogen (secondary N) is 2. The Balaban J connectivity index is 1.60. The van der Waals surface area contributed by atoms with Gasteiger partial charge >= 0.3 is 0 Å². The van der Waals surface area contributed by atoms with Crippen molar-refractivity contribution in [1.82, 2.24) is 5.32 Å². The zero-order valence-electron chi connectivity index (χ0n) is 16.0. The van der Waals surface area contributed by atoms with E-state index in [2.05, 4.69) is 17.6 Å². The van der Waals surface area contributed by atoms with E-state index in [1.807, 2.05) is 6.26 Å². The summed E-state index contributed by atoms with van der Waals surface area (Å²) in [5, 5.41) is 5.89. The molecule has 1 heterocycles. The molecule has 0 radical (unpaired) electrons. The molecule has 1 aromatic carbocycles. The Morgan fingerprint density at radius 1 is 1.19 bits per heavy atom. The number of amides is 2. The minimum absolute atomic E-state index is 0.00818. The van der Waals surface area contributed by atoms with Gasteiger partial charge in [0.05, 0.1) is 0 Å². The summed E-state index contributed by atoms with van der Waals surface area (Å²) in [6.45, 7) is 2.42. The molecule has 7 heteroatoms. The average molecular weight is 393 g/mol. The van der Waals surface area contributed by atoms with Crippen molar-refractivity contribution >= 4 is 29.3 Å². The third-order valence-corrected chi connectivity index (χ3v) is 5.91. The van der Waals surface area contributed by atoms with E-state index in [1.165, 1.54) is 0 Å². The molecule has 27 heavy (non-hydrogen) atoms. The lowest BCUT2D eigenvalue weighted by atomic mass is 9.82. The molecule has 0 spiro atoms. The number of thioether (sulfide) groups is 1. The first kappa shape index (κ1) is 19.9. The second-order valence-electron chi connectivity index (χ2n) is 7.36. The second-order valence-corrected chi connectivity index (χ2v) is 8.34. The number of rotatable bonds is 7. The molecule has 1 aromatic rings. The van der Waals surface area contributed by atoms with Gasteiger partial charge in [0, 0.05) is 17.7 Å². The van der Waals surface area contributed by atoms with E-state index < -0.39 is 6.04 Å². The molecule has 0 aromatic heterocycles. The number of anilines is 1. The Labute approximate surface area is 164 Å². The third-order valence-electron chi connectivity index (χ3n) is 5.27. The molecule has 148 valence electrons. The Bertz CT molecular complexity index is 674. The summed E-state index contributed by atoms with van der Waals surface area (Å²) in [6, 6.07) is 4.77. The number of carbonyl (C=O) groups excluding carboxylic acids is 2. The Hall–Kier alpha value is -1.89. The van der Waals surface area contributed by atoms with Crippen molar-refractivity contribution in [2.24, 2.45) is 11.8 Å². The van der Waals surface area contributed by atoms with Gasteiger partial charge in [-0.05, 0) is 62.2 Å². The van der Waals surface area contributed by atoms with Crippen molar-refractivity contribution in [3.8, 4) is 11.5 Å². The van der Waals surface area contributed by atoms with Gasteiger partial charge in [-0.1, -0.05) is 6.92 Å². The highest BCUT2D eigenvalue weighted by Gasteiger charge is 2.28. The minimum Gasteiger partial charge on any atom is -0.454 e. The zero-order valence-corrected chi connectivity index (χ0v) is 16.8. The fraction of sp³-hybridized carbons (Fsp3) is 0.600. The summed E-state index contributed by atoms with van der Waals surface area (Å²) in [5.41, 5.74) is 0.638. The molecule has 2 N–H and O–H groups in total. The van der Waals surface area contributed by atoms with E-state index >= 15 is 0 Å². The van der Waals surface area contributed by atoms with Gasteiger partial charge in [0.25, 0.3) is 0 Å². The van der Waals surface area contributed by atoms with Crippen LogP contribution in [0.5, 0.6) is 11.5 Å². The van der Waals surface area contributed by atoms with Gasteiger partial charge in [0.1, 0.15) is 6.04 Å². The third kappa shape index (κ3) is 5.31. The number of hydrogen-bond acceptors (Lipinski definition) is 5. The van der Waals surface area contributed by atoms with Crippen molar-refractivity contribution in [2.45, 2.75) is 45.1 Å². The quantitative estimate of drug-likeness (QED) is 0.744. The molecule has 2 amide bonds. The predicted molar refractivity (Wildman–Crippen MR) is 107 cm³/mol. The normalized spacial score (nSPS) is 22.1. The van der Waals surface area contributed by atoms with Gasteiger partial charge in [-0.2, -0.15) is 11.8 Å². The van der Waals surface area contributed by atoms with Crippen molar-refractivity contribution in [3.05, 3.63) is 18.2 Å². The lowest BCUT2D eigenvalue weighted by molar-refractivity contribution is -0.130. The van der Waals surface area contributed by atoms with Crippen LogP contribution < -0.4 is 20.1 Å². The van der Waals surface area contributed by atoms with Gasteiger partial charge in [0.2, 0.25) is 18.6 Å². The number of ether oxygens (including phenoxy) is 2. The highest BCUT2D eigenvalue weighted by Crippen LogP contribution is 2.34. The average Bonchev–Trinajstić information content (AvgIpc) is 3.13. The molecule has 1 aliphatic carbocycles. The standard InChI is InChI=1S/C20H28N2O4S/c1-13-3-5-14(6-4-13)19(23)22-16(9-10-27-2)20(24)21-15-7-8-17-18(11-15)26-12-25-17/h7-8,11,13-14,16H,3-6,9-10,12H2,1-2H3,(H,21,24)(H,22,23)/t13?,14?,16-/m1/s1. The second kappa shape index (κ2) is 9.35. The molecule has 6 nitrogen and oxygen atoms in total. The number of hydrogen-bond donors (Lipinski definition) is 2. The van der Waals surface area contributed by atoms with Crippen LogP contribution in [0.1, 0.15) is 39.0 Å². The van der Waals surface area contributed by atoms with E-state index in [9.17, 15) is 9.59 Å². The fourth-order valence-electron chi connectivity index (χ4n) is 3.52. The zero-order chi connectivity index (χ0) is 19.2. The molecule has 1 atom stereocenters. The Morgan fingerprint density at radius 3 is 2.67 bits per heavy atom. The molecular formula is C20H28N2O4S. The maximum absolute atomic E-state index is 12.8. The van der Waals surface area contributed by atoms with Gasteiger partial charge in [-0.25, -0.2) is 0 Å². The SMILES string of the molecule is CSCC[C@@H](NC(=O)C1CCC(C)CC1)C(=O)Nc1ccc2c(c1)OCO2. The van der Waals surface area contributed by atoms with Crippen LogP contribution in [0, 0.1) is 11.8 Å². The topological polar surface area (TPSA) is 76.7 Å². The first-order valence-corrected chi connectivity index (χ1v) is 11.0. The molecule has 0 unspecified atom stereocenters. The van der Waals surface area contributed by atoms with E-state index in [0.717, 1.165) is 31.4 Å². The smallest absolute Gasteiger partial charge is 0.246 e. The van der Waals surface area contributed by atoms with E-state index in [1.54, 1.807) is 30.0 Å². The lowest BCUT2D eigenvalue weighted by Gasteiger charge is -2.27. The summed E-state index contributed by atoms with van der Waals surface area (Å²) in [6.07, 6.45) is 6.58. The molecule has 0 saturated heterocycles. The molecule has 1 saturated carbocycles. The van der Waals surface area contributed by atoms with Crippen LogP contribution in [-0.2, 0) is 9.59 Å². The molecule has 0 bridgehead atoms. The largest absolute Gasteiger partial charge is 0.454 e. The van der Waals surface area contributed by atoms with Gasteiger partial charge in [-0.15, -0.1) is 0 Å². The van der Waals surface area contributed by atoms with Crippen LogP contribution in [0.25, 0.3) is 0 Å². The maximum atomic E-state index is 12.8. The van der Waals surface area contributed by atoms with Crippen molar-refractivity contribution < 1.29 is 19.1 Å². The number of benzene rings is 1. The van der Waals surface area contributed by atoms with E-state index in [0.29, 0.717) is 29.5 Å². The van der Waals surface area contributed by atoms with Crippen molar-refractivity contribution in [3.63, 3.8) is 0 Å². The molecule has 1 aliphatic heterocycles. The van der Waals surface area contributed by atoms with Crippen LogP contribution in [0.3, 0.4) is 0 Å². The Kier molecular flexibility index (Phi) is 6.88. The molecular weight excluding hydrogens is 364 g/mol. The molecule has 2 aliphatic rings. The predicted octanol–water partition coefficient (Wildman–Crippen LogP) is 3.42. The first-order valence-electron chi connectivity index (χ1n) is 9.56. The number of fused-ring (bicyclic) bond motifs is 1. The summed E-state index contributed by atoms with van der Waals surface area (Å²) in [5.74, 6) is 2.63. The van der Waals surface area contributed by atoms with E-state index in [4.69, 9.17) is 9.47 Å². The van der Waals surface area contributed by atoms with Crippen LogP contribution >= 0.6 is 11.8 Å². The number of carbonyl (C=O) groups is 2. The van der Waals surface area contributed by atoms with Crippen molar-refractivity contribution in [1.29, 1.82) is 0 Å². The van der Waals surface area contributed by atoms with Gasteiger partial charge in [-0.3, -0.25) is 9.59 Å². The fourth-order valence-corrected chi connectivity index (χ4v) is 3.99. The highest BCUT2D eigenvalue weighted by atomic mass is 32.2. The summed E-state index contributed by atoms with van der Waals surface area (Å²) < 4.78 is 10.6. The Morgan fingerprint density at radius 2 is 1.93 bits per heavy atom. The van der Waals surface area contributed by atoms with Gasteiger partial charge in [0.15, 0.2) is 11.5 Å². The van der Waals surface area contributed by atoms with Crippen LogP contribution in [-0.4, -0.2) is 36.7 Å². The van der Waals surface area contributed by atoms with Crippen LogP contribution in [0.15, 0.2) is 18.2 Å². The van der Waals surface area contributed by atoms with Gasteiger partial charge < -0.3 is 20.1 Å². The van der Waals surface area contributed by atoms with E-state index in [-0.39, 0.29) is 24.5 Å². The summed E-state index contributed by atoms with van der Waals surface area (Å²) in [7, 11) is 0.